The largest absolute Gasteiger partial charge is 0.316 e. The molecule has 2 saturated carbocycles. The van der Waals surface area contributed by atoms with Gasteiger partial charge in [0.1, 0.15) is 0 Å². The Morgan fingerprint density at radius 3 is 2.41 bits per heavy atom. The number of hydrogen-bond donors (Lipinski definition) is 1. The van der Waals surface area contributed by atoms with E-state index in [1.165, 1.54) is 38.5 Å². The van der Waals surface area contributed by atoms with E-state index in [1.807, 2.05) is 7.05 Å². The van der Waals surface area contributed by atoms with Crippen molar-refractivity contribution in [2.45, 2.75) is 75.3 Å². The minimum absolute atomic E-state index is 0.381. The molecular formula is C14H27NOS. The molecule has 0 aliphatic heterocycles. The fraction of sp³-hybridized carbons (Fsp3) is 1.00. The van der Waals surface area contributed by atoms with Crippen molar-refractivity contribution in [1.82, 2.24) is 5.32 Å². The number of hydrogen-bond acceptors (Lipinski definition) is 2. The number of rotatable bonds is 3. The lowest BCUT2D eigenvalue weighted by Crippen LogP contribution is -2.48. The average molecular weight is 257 g/mol. The van der Waals surface area contributed by atoms with Crippen LogP contribution < -0.4 is 5.32 Å². The molecule has 17 heavy (non-hydrogen) atoms. The fourth-order valence-corrected chi connectivity index (χ4v) is 5.97. The Morgan fingerprint density at radius 2 is 1.82 bits per heavy atom. The van der Waals surface area contributed by atoms with E-state index >= 15 is 0 Å². The van der Waals surface area contributed by atoms with Gasteiger partial charge < -0.3 is 5.32 Å². The summed E-state index contributed by atoms with van der Waals surface area (Å²) < 4.78 is 12.7. The summed E-state index contributed by atoms with van der Waals surface area (Å²) in [4.78, 5) is 0. The Hall–Kier alpha value is 0.110. The molecule has 3 atom stereocenters. The van der Waals surface area contributed by atoms with E-state index in [0.717, 1.165) is 6.42 Å². The first-order chi connectivity index (χ1) is 8.03. The molecule has 0 aromatic heterocycles. The molecule has 0 radical (unpaired) electrons. The molecule has 0 amide bonds. The molecule has 0 saturated heterocycles. The molecule has 3 heteroatoms. The Morgan fingerprint density at radius 1 is 1.18 bits per heavy atom. The molecule has 2 rings (SSSR count). The SMILES string of the molecule is CNC1CCC(C)(C)CC1S(=O)C1CCCC1. The second kappa shape index (κ2) is 5.40. The fourth-order valence-electron chi connectivity index (χ4n) is 3.46. The van der Waals surface area contributed by atoms with Crippen LogP contribution >= 0.6 is 0 Å². The highest BCUT2D eigenvalue weighted by Gasteiger charge is 2.40. The van der Waals surface area contributed by atoms with Crippen molar-refractivity contribution in [3.8, 4) is 0 Å². The maximum atomic E-state index is 12.7. The molecule has 0 aromatic rings. The maximum absolute atomic E-state index is 12.7. The van der Waals surface area contributed by atoms with Crippen LogP contribution in [0, 0.1) is 5.41 Å². The van der Waals surface area contributed by atoms with Crippen molar-refractivity contribution in [3.63, 3.8) is 0 Å². The van der Waals surface area contributed by atoms with Gasteiger partial charge in [-0.25, -0.2) is 0 Å². The molecule has 2 aliphatic rings. The van der Waals surface area contributed by atoms with Crippen molar-refractivity contribution in [1.29, 1.82) is 0 Å². The third kappa shape index (κ3) is 3.11. The molecule has 2 fully saturated rings. The molecule has 1 N–H and O–H groups in total. The predicted octanol–water partition coefficient (Wildman–Crippen LogP) is 2.84. The monoisotopic (exact) mass is 257 g/mol. The van der Waals surface area contributed by atoms with Crippen LogP contribution in [0.5, 0.6) is 0 Å². The lowest BCUT2D eigenvalue weighted by molar-refractivity contribution is 0.216. The lowest BCUT2D eigenvalue weighted by Gasteiger charge is -2.41. The molecule has 100 valence electrons. The Labute approximate surface area is 108 Å². The van der Waals surface area contributed by atoms with E-state index in [2.05, 4.69) is 19.2 Å². The van der Waals surface area contributed by atoms with Crippen LogP contribution in [0.25, 0.3) is 0 Å². The smallest absolute Gasteiger partial charge is 0.0509 e. The van der Waals surface area contributed by atoms with Crippen LogP contribution in [-0.4, -0.2) is 27.8 Å². The molecule has 2 nitrogen and oxygen atoms in total. The van der Waals surface area contributed by atoms with Crippen molar-refractivity contribution in [3.05, 3.63) is 0 Å². The van der Waals surface area contributed by atoms with Crippen LogP contribution in [-0.2, 0) is 10.8 Å². The van der Waals surface area contributed by atoms with E-state index in [9.17, 15) is 4.21 Å². The third-order valence-electron chi connectivity index (χ3n) is 4.63. The zero-order valence-electron chi connectivity index (χ0n) is 11.5. The maximum Gasteiger partial charge on any atom is 0.0509 e. The second-order valence-corrected chi connectivity index (χ2v) is 8.50. The van der Waals surface area contributed by atoms with Crippen LogP contribution in [0.4, 0.5) is 0 Å². The van der Waals surface area contributed by atoms with Gasteiger partial charge in [-0.15, -0.1) is 0 Å². The van der Waals surface area contributed by atoms with E-state index in [4.69, 9.17) is 0 Å². The third-order valence-corrected chi connectivity index (χ3v) is 6.86. The van der Waals surface area contributed by atoms with Crippen LogP contribution in [0.3, 0.4) is 0 Å². The first-order valence-corrected chi connectivity index (χ1v) is 8.38. The van der Waals surface area contributed by atoms with Crippen molar-refractivity contribution in [2.24, 2.45) is 5.41 Å². The normalized spacial score (nSPS) is 35.9. The second-order valence-electron chi connectivity index (χ2n) is 6.58. The van der Waals surface area contributed by atoms with Gasteiger partial charge in [-0.2, -0.15) is 0 Å². The summed E-state index contributed by atoms with van der Waals surface area (Å²) in [5.41, 5.74) is 0.381. The van der Waals surface area contributed by atoms with E-state index in [1.54, 1.807) is 0 Å². The quantitative estimate of drug-likeness (QED) is 0.842. The molecule has 0 aromatic carbocycles. The molecule has 2 aliphatic carbocycles. The highest BCUT2D eigenvalue weighted by atomic mass is 32.2. The van der Waals surface area contributed by atoms with Gasteiger partial charge in [0.15, 0.2) is 0 Å². The minimum Gasteiger partial charge on any atom is -0.316 e. The summed E-state index contributed by atoms with van der Waals surface area (Å²) in [6.07, 6.45) is 8.54. The Balaban J connectivity index is 2.06. The van der Waals surface area contributed by atoms with Gasteiger partial charge in [-0.05, 0) is 44.6 Å². The summed E-state index contributed by atoms with van der Waals surface area (Å²) in [5.74, 6) is 0. The molecule has 0 heterocycles. The predicted molar refractivity (Wildman–Crippen MR) is 74.7 cm³/mol. The minimum atomic E-state index is -0.621. The van der Waals surface area contributed by atoms with Gasteiger partial charge in [-0.1, -0.05) is 26.7 Å². The Bertz CT molecular complexity index is 284. The molecule has 0 bridgehead atoms. The van der Waals surface area contributed by atoms with Crippen LogP contribution in [0.2, 0.25) is 0 Å². The van der Waals surface area contributed by atoms with Crippen molar-refractivity contribution in [2.75, 3.05) is 7.05 Å². The van der Waals surface area contributed by atoms with E-state index in [0.29, 0.717) is 22.0 Å². The van der Waals surface area contributed by atoms with Gasteiger partial charge in [0.25, 0.3) is 0 Å². The van der Waals surface area contributed by atoms with Crippen LogP contribution in [0.15, 0.2) is 0 Å². The summed E-state index contributed by atoms with van der Waals surface area (Å²) >= 11 is 0. The lowest BCUT2D eigenvalue weighted by atomic mass is 9.75. The highest BCUT2D eigenvalue weighted by molar-refractivity contribution is 7.86. The molecule has 0 spiro atoms. The summed E-state index contributed by atoms with van der Waals surface area (Å²) in [6.45, 7) is 4.66. The van der Waals surface area contributed by atoms with Gasteiger partial charge in [-0.3, -0.25) is 4.21 Å². The average Bonchev–Trinajstić information content (AvgIpc) is 2.80. The van der Waals surface area contributed by atoms with E-state index in [-0.39, 0.29) is 0 Å². The van der Waals surface area contributed by atoms with Crippen LogP contribution in [0.1, 0.15) is 58.8 Å². The van der Waals surface area contributed by atoms with Gasteiger partial charge in [0.05, 0.1) is 5.25 Å². The summed E-state index contributed by atoms with van der Waals surface area (Å²) in [5, 5.41) is 4.27. The van der Waals surface area contributed by atoms with Gasteiger partial charge >= 0.3 is 0 Å². The first kappa shape index (κ1) is 13.5. The zero-order chi connectivity index (χ0) is 12.5. The summed E-state index contributed by atoms with van der Waals surface area (Å²) in [7, 11) is 1.41. The highest BCUT2D eigenvalue weighted by Crippen LogP contribution is 2.39. The van der Waals surface area contributed by atoms with Gasteiger partial charge in [0.2, 0.25) is 0 Å². The summed E-state index contributed by atoms with van der Waals surface area (Å²) in [6, 6.07) is 0.476. The Kier molecular flexibility index (Phi) is 4.30. The molecular weight excluding hydrogens is 230 g/mol. The van der Waals surface area contributed by atoms with Crippen molar-refractivity contribution < 1.29 is 4.21 Å². The van der Waals surface area contributed by atoms with Gasteiger partial charge in [0, 0.05) is 22.1 Å². The van der Waals surface area contributed by atoms with E-state index < -0.39 is 10.8 Å². The standard InChI is InChI=1S/C14H27NOS/c1-14(2)9-8-12(15-3)13(10-14)17(16)11-6-4-5-7-11/h11-13,15H,4-10H2,1-3H3. The number of nitrogens with one attached hydrogen (secondary N) is 1. The van der Waals surface area contributed by atoms with Crippen molar-refractivity contribution >= 4 is 10.8 Å². The molecule has 3 unspecified atom stereocenters. The first-order valence-electron chi connectivity index (χ1n) is 7.10. The zero-order valence-corrected chi connectivity index (χ0v) is 12.3. The topological polar surface area (TPSA) is 29.1 Å².